The number of nitro groups is 1. The summed E-state index contributed by atoms with van der Waals surface area (Å²) in [5.41, 5.74) is 2.09. The Morgan fingerprint density at radius 1 is 1.44 bits per heavy atom. The predicted molar refractivity (Wildman–Crippen MR) is 106 cm³/mol. The van der Waals surface area contributed by atoms with Gasteiger partial charge in [-0.15, -0.1) is 0 Å². The second-order valence-corrected chi connectivity index (χ2v) is 7.14. The first-order valence-corrected chi connectivity index (χ1v) is 9.58. The summed E-state index contributed by atoms with van der Waals surface area (Å²) in [7, 11) is 0. The van der Waals surface area contributed by atoms with Crippen molar-refractivity contribution in [2.45, 2.75) is 39.5 Å². The lowest BCUT2D eigenvalue weighted by molar-refractivity contribution is -0.383. The zero-order valence-electron chi connectivity index (χ0n) is 15.9. The standard InChI is InChI=1S/C20H26N4O3/c1-3-4-10-21-20(25)15-7-6-11-23(13-15)18-12-14(2)22-19-16(18)8-5-9-17(19)24(26)27/h5,8-9,12,15H,3-4,6-7,10-11,13H2,1-2H3,(H,21,25). The van der Waals surface area contributed by atoms with Gasteiger partial charge in [-0.05, 0) is 32.3 Å². The average Bonchev–Trinajstić information content (AvgIpc) is 2.67. The van der Waals surface area contributed by atoms with Gasteiger partial charge in [0, 0.05) is 42.5 Å². The molecule has 1 aliphatic rings. The van der Waals surface area contributed by atoms with Crippen molar-refractivity contribution in [3.63, 3.8) is 0 Å². The minimum absolute atomic E-state index is 0.0170. The average molecular weight is 370 g/mol. The van der Waals surface area contributed by atoms with Gasteiger partial charge < -0.3 is 10.2 Å². The van der Waals surface area contributed by atoms with Crippen LogP contribution in [0.4, 0.5) is 11.4 Å². The molecule has 27 heavy (non-hydrogen) atoms. The van der Waals surface area contributed by atoms with E-state index >= 15 is 0 Å². The molecule has 0 radical (unpaired) electrons. The van der Waals surface area contributed by atoms with Crippen molar-refractivity contribution >= 4 is 28.2 Å². The molecule has 144 valence electrons. The number of amides is 1. The fourth-order valence-corrected chi connectivity index (χ4v) is 3.69. The lowest BCUT2D eigenvalue weighted by Gasteiger charge is -2.34. The molecule has 0 saturated carbocycles. The molecule has 1 aliphatic heterocycles. The number of aryl methyl sites for hydroxylation is 1. The molecule has 1 saturated heterocycles. The molecule has 2 heterocycles. The number of nitrogens with zero attached hydrogens (tertiary/aromatic N) is 3. The third-order valence-corrected chi connectivity index (χ3v) is 5.08. The summed E-state index contributed by atoms with van der Waals surface area (Å²) in [6.45, 7) is 6.12. The van der Waals surface area contributed by atoms with E-state index in [1.54, 1.807) is 6.07 Å². The van der Waals surface area contributed by atoms with Gasteiger partial charge in [0.2, 0.25) is 5.91 Å². The van der Waals surface area contributed by atoms with E-state index in [1.807, 2.05) is 19.1 Å². The van der Waals surface area contributed by atoms with E-state index in [-0.39, 0.29) is 17.5 Å². The van der Waals surface area contributed by atoms with Crippen LogP contribution in [0.25, 0.3) is 10.9 Å². The first-order chi connectivity index (χ1) is 13.0. The van der Waals surface area contributed by atoms with Crippen LogP contribution >= 0.6 is 0 Å². The number of hydrogen-bond donors (Lipinski definition) is 1. The van der Waals surface area contributed by atoms with Gasteiger partial charge in [0.15, 0.2) is 5.52 Å². The van der Waals surface area contributed by atoms with E-state index in [1.165, 1.54) is 6.07 Å². The number of piperidine rings is 1. The Kier molecular flexibility index (Phi) is 5.88. The molecule has 1 amide bonds. The lowest BCUT2D eigenvalue weighted by atomic mass is 9.96. The zero-order valence-corrected chi connectivity index (χ0v) is 15.9. The van der Waals surface area contributed by atoms with Crippen LogP contribution in [0.3, 0.4) is 0 Å². The quantitative estimate of drug-likeness (QED) is 0.477. The maximum absolute atomic E-state index is 12.5. The molecule has 1 atom stereocenters. The number of carbonyl (C=O) groups is 1. The number of benzene rings is 1. The van der Waals surface area contributed by atoms with Crippen molar-refractivity contribution in [3.8, 4) is 0 Å². The number of nitrogens with one attached hydrogen (secondary N) is 1. The van der Waals surface area contributed by atoms with E-state index in [0.717, 1.165) is 55.5 Å². The molecule has 7 nitrogen and oxygen atoms in total. The van der Waals surface area contributed by atoms with Crippen LogP contribution < -0.4 is 10.2 Å². The fraction of sp³-hybridized carbons (Fsp3) is 0.500. The maximum atomic E-state index is 12.5. The Morgan fingerprint density at radius 2 is 2.26 bits per heavy atom. The summed E-state index contributed by atoms with van der Waals surface area (Å²) < 4.78 is 0. The molecule has 0 spiro atoms. The van der Waals surface area contributed by atoms with Crippen LogP contribution in [0, 0.1) is 23.0 Å². The van der Waals surface area contributed by atoms with Gasteiger partial charge in [0.05, 0.1) is 10.8 Å². The highest BCUT2D eigenvalue weighted by Gasteiger charge is 2.27. The summed E-state index contributed by atoms with van der Waals surface area (Å²) in [4.78, 5) is 30.1. The van der Waals surface area contributed by atoms with Crippen molar-refractivity contribution in [1.29, 1.82) is 0 Å². The zero-order chi connectivity index (χ0) is 19.4. The minimum atomic E-state index is -0.390. The summed E-state index contributed by atoms with van der Waals surface area (Å²) in [5, 5.41) is 15.2. The number of non-ortho nitro benzene ring substituents is 1. The van der Waals surface area contributed by atoms with Crippen LogP contribution in [-0.4, -0.2) is 35.4 Å². The summed E-state index contributed by atoms with van der Waals surface area (Å²) in [6.07, 6.45) is 3.83. The Labute approximate surface area is 158 Å². The number of carbonyl (C=O) groups excluding carboxylic acids is 1. The second kappa shape index (κ2) is 8.33. The van der Waals surface area contributed by atoms with Gasteiger partial charge in [-0.25, -0.2) is 4.98 Å². The summed E-state index contributed by atoms with van der Waals surface area (Å²) in [5.74, 6) is 0.0482. The van der Waals surface area contributed by atoms with Gasteiger partial charge in [0.25, 0.3) is 5.69 Å². The first-order valence-electron chi connectivity index (χ1n) is 9.58. The third kappa shape index (κ3) is 4.18. The summed E-state index contributed by atoms with van der Waals surface area (Å²) >= 11 is 0. The molecule has 2 aromatic rings. The number of hydrogen-bond acceptors (Lipinski definition) is 5. The molecule has 0 bridgehead atoms. The highest BCUT2D eigenvalue weighted by Crippen LogP contribution is 2.34. The van der Waals surface area contributed by atoms with Crippen molar-refractivity contribution in [1.82, 2.24) is 10.3 Å². The van der Waals surface area contributed by atoms with Crippen molar-refractivity contribution in [3.05, 3.63) is 40.1 Å². The second-order valence-electron chi connectivity index (χ2n) is 7.14. The number of para-hydroxylation sites is 1. The molecule has 1 aromatic carbocycles. The van der Waals surface area contributed by atoms with Crippen molar-refractivity contribution in [2.24, 2.45) is 5.92 Å². The van der Waals surface area contributed by atoms with Crippen LogP contribution in [0.15, 0.2) is 24.3 Å². The van der Waals surface area contributed by atoms with Gasteiger partial charge in [-0.1, -0.05) is 25.5 Å². The number of pyridine rings is 1. The lowest BCUT2D eigenvalue weighted by Crippen LogP contribution is -2.43. The Balaban J connectivity index is 1.89. The molecule has 3 rings (SSSR count). The van der Waals surface area contributed by atoms with Crippen LogP contribution in [-0.2, 0) is 4.79 Å². The van der Waals surface area contributed by atoms with E-state index in [4.69, 9.17) is 0 Å². The smallest absolute Gasteiger partial charge is 0.295 e. The Hall–Kier alpha value is -2.70. The number of nitro benzene ring substituents is 1. The maximum Gasteiger partial charge on any atom is 0.295 e. The number of rotatable bonds is 6. The molecule has 1 fully saturated rings. The number of anilines is 1. The van der Waals surface area contributed by atoms with Gasteiger partial charge in [0.1, 0.15) is 0 Å². The highest BCUT2D eigenvalue weighted by atomic mass is 16.6. The molecule has 7 heteroatoms. The molecular weight excluding hydrogens is 344 g/mol. The van der Waals surface area contributed by atoms with E-state index in [2.05, 4.69) is 22.1 Å². The fourth-order valence-electron chi connectivity index (χ4n) is 3.69. The Morgan fingerprint density at radius 3 is 3.00 bits per heavy atom. The SMILES string of the molecule is CCCCNC(=O)C1CCCN(c2cc(C)nc3c([N+](=O)[O-])cccc23)C1. The molecule has 1 unspecified atom stereocenters. The topological polar surface area (TPSA) is 88.4 Å². The molecular formula is C20H26N4O3. The van der Waals surface area contributed by atoms with E-state index in [0.29, 0.717) is 12.1 Å². The number of fused-ring (bicyclic) bond motifs is 1. The monoisotopic (exact) mass is 370 g/mol. The van der Waals surface area contributed by atoms with Gasteiger partial charge in [-0.3, -0.25) is 14.9 Å². The molecule has 1 N–H and O–H groups in total. The normalized spacial score (nSPS) is 17.1. The molecule has 0 aliphatic carbocycles. The van der Waals surface area contributed by atoms with Crippen LogP contribution in [0.1, 0.15) is 38.3 Å². The third-order valence-electron chi connectivity index (χ3n) is 5.08. The van der Waals surface area contributed by atoms with Crippen LogP contribution in [0.2, 0.25) is 0 Å². The number of aromatic nitrogens is 1. The predicted octanol–water partition coefficient (Wildman–Crippen LogP) is 3.58. The summed E-state index contributed by atoms with van der Waals surface area (Å²) in [6, 6.07) is 7.01. The Bertz CT molecular complexity index is 852. The number of unbranched alkanes of at least 4 members (excludes halogenated alkanes) is 1. The van der Waals surface area contributed by atoms with Gasteiger partial charge in [-0.2, -0.15) is 0 Å². The minimum Gasteiger partial charge on any atom is -0.370 e. The van der Waals surface area contributed by atoms with E-state index < -0.39 is 4.92 Å². The first kappa shape index (κ1) is 19.1. The van der Waals surface area contributed by atoms with Crippen molar-refractivity contribution < 1.29 is 9.72 Å². The van der Waals surface area contributed by atoms with Crippen LogP contribution in [0.5, 0.6) is 0 Å². The largest absolute Gasteiger partial charge is 0.370 e. The van der Waals surface area contributed by atoms with Crippen molar-refractivity contribution in [2.75, 3.05) is 24.5 Å². The van der Waals surface area contributed by atoms with Gasteiger partial charge >= 0.3 is 0 Å². The highest BCUT2D eigenvalue weighted by molar-refractivity contribution is 5.97. The van der Waals surface area contributed by atoms with E-state index in [9.17, 15) is 14.9 Å². The molecule has 1 aromatic heterocycles.